The first-order valence-corrected chi connectivity index (χ1v) is 9.14. The molecule has 2 heterocycles. The van der Waals surface area contributed by atoms with Gasteiger partial charge in [0.25, 0.3) is 5.56 Å². The summed E-state index contributed by atoms with van der Waals surface area (Å²) in [5, 5.41) is 0.158. The number of aromatic nitrogens is 2. The highest BCUT2D eigenvalue weighted by Crippen LogP contribution is 2.39. The Balaban J connectivity index is 0.00000210. The van der Waals surface area contributed by atoms with E-state index in [-0.39, 0.29) is 23.8 Å². The molecule has 1 aromatic heterocycles. The molecule has 1 saturated heterocycles. The highest BCUT2D eigenvalue weighted by molar-refractivity contribution is 5.87. The summed E-state index contributed by atoms with van der Waals surface area (Å²) >= 11 is 0. The summed E-state index contributed by atoms with van der Waals surface area (Å²) in [4.78, 5) is 27.0. The Kier molecular flexibility index (Phi) is 5.22. The molecular formula is C18H25ClFN5O2. The van der Waals surface area contributed by atoms with E-state index in [1.807, 2.05) is 4.90 Å². The molecule has 0 radical (unpaired) electrons. The molecule has 4 rings (SSSR count). The van der Waals surface area contributed by atoms with E-state index in [1.54, 1.807) is 11.5 Å². The minimum atomic E-state index is -0.658. The first kappa shape index (κ1) is 19.7. The number of fused-ring (bicyclic) bond motifs is 1. The summed E-state index contributed by atoms with van der Waals surface area (Å²) in [6, 6.07) is 1.25. The number of hydrogen-bond donors (Lipinski definition) is 2. The van der Waals surface area contributed by atoms with E-state index in [4.69, 9.17) is 11.6 Å². The topological polar surface area (TPSA) is 99.3 Å². The summed E-state index contributed by atoms with van der Waals surface area (Å²) in [5.74, 6) is 5.52. The molecule has 1 aliphatic heterocycles. The zero-order valence-electron chi connectivity index (χ0n) is 15.3. The lowest BCUT2D eigenvalue weighted by Gasteiger charge is -2.35. The molecule has 0 spiro atoms. The maximum absolute atomic E-state index is 15.0. The molecule has 27 heavy (non-hydrogen) atoms. The van der Waals surface area contributed by atoms with E-state index in [9.17, 15) is 9.59 Å². The van der Waals surface area contributed by atoms with Crippen LogP contribution in [0.2, 0.25) is 0 Å². The largest absolute Gasteiger partial charge is 0.369 e. The average Bonchev–Trinajstić information content (AvgIpc) is 3.46. The Morgan fingerprint density at radius 3 is 2.59 bits per heavy atom. The first-order chi connectivity index (χ1) is 12.4. The number of rotatable bonds is 3. The maximum atomic E-state index is 15.0. The van der Waals surface area contributed by atoms with Crippen molar-refractivity contribution < 1.29 is 4.39 Å². The van der Waals surface area contributed by atoms with Gasteiger partial charge in [0.15, 0.2) is 0 Å². The Morgan fingerprint density at radius 1 is 1.26 bits per heavy atom. The quantitative estimate of drug-likeness (QED) is 0.759. The molecule has 0 amide bonds. The van der Waals surface area contributed by atoms with Crippen molar-refractivity contribution in [3.63, 3.8) is 0 Å². The van der Waals surface area contributed by atoms with Gasteiger partial charge in [-0.25, -0.2) is 9.18 Å². The van der Waals surface area contributed by atoms with Gasteiger partial charge in [0.05, 0.1) is 16.6 Å². The van der Waals surface area contributed by atoms with Crippen LogP contribution in [0.1, 0.15) is 37.3 Å². The number of nitrogens with zero attached hydrogens (tertiary/aromatic N) is 3. The van der Waals surface area contributed by atoms with Crippen LogP contribution >= 0.6 is 12.4 Å². The van der Waals surface area contributed by atoms with Gasteiger partial charge in [-0.05, 0) is 51.1 Å². The Labute approximate surface area is 162 Å². The number of piperidine rings is 1. The zero-order chi connectivity index (χ0) is 18.6. The number of benzene rings is 1. The summed E-state index contributed by atoms with van der Waals surface area (Å²) < 4.78 is 17.2. The molecule has 1 aliphatic carbocycles. The molecule has 1 atom stereocenters. The molecule has 2 aliphatic rings. The second kappa shape index (κ2) is 7.16. The standard InChI is InChI=1S/C18H24FN5O2.ClH/c1-10-15-13(17(25)24(21)18(26)23(15)12-4-5-12)7-14(19)16(10)22-6-2-3-11(8-20)9-22;/h7,11-12H,2-6,8-9,20-21H2,1H3;1H. The van der Waals surface area contributed by atoms with Crippen LogP contribution in [0.4, 0.5) is 10.1 Å². The molecule has 2 aromatic rings. The van der Waals surface area contributed by atoms with Crippen molar-refractivity contribution in [2.75, 3.05) is 30.4 Å². The van der Waals surface area contributed by atoms with E-state index < -0.39 is 17.1 Å². The fourth-order valence-electron chi connectivity index (χ4n) is 4.18. The molecule has 0 bridgehead atoms. The van der Waals surface area contributed by atoms with Crippen molar-refractivity contribution in [3.05, 3.63) is 38.3 Å². The van der Waals surface area contributed by atoms with E-state index >= 15 is 4.39 Å². The van der Waals surface area contributed by atoms with Crippen molar-refractivity contribution in [1.82, 2.24) is 9.24 Å². The Bertz CT molecular complexity index is 998. The third-order valence-corrected chi connectivity index (χ3v) is 5.65. The normalized spacial score (nSPS) is 20.0. The highest BCUT2D eigenvalue weighted by Gasteiger charge is 2.31. The predicted octanol–water partition coefficient (Wildman–Crippen LogP) is 1.26. The number of hydrogen-bond acceptors (Lipinski definition) is 5. The van der Waals surface area contributed by atoms with E-state index in [1.165, 1.54) is 6.07 Å². The van der Waals surface area contributed by atoms with Crippen molar-refractivity contribution in [2.24, 2.45) is 11.7 Å². The van der Waals surface area contributed by atoms with Crippen molar-refractivity contribution in [2.45, 2.75) is 38.6 Å². The van der Waals surface area contributed by atoms with Gasteiger partial charge >= 0.3 is 5.69 Å². The van der Waals surface area contributed by atoms with Crippen molar-refractivity contribution in [1.29, 1.82) is 0 Å². The fraction of sp³-hybridized carbons (Fsp3) is 0.556. The second-order valence-electron chi connectivity index (χ2n) is 7.48. The molecule has 1 aromatic carbocycles. The molecular weight excluding hydrogens is 373 g/mol. The van der Waals surface area contributed by atoms with E-state index in [0.717, 1.165) is 32.2 Å². The van der Waals surface area contributed by atoms with Crippen LogP contribution in [0.15, 0.2) is 15.7 Å². The zero-order valence-corrected chi connectivity index (χ0v) is 16.1. The number of anilines is 1. The van der Waals surface area contributed by atoms with Crippen LogP contribution in [0, 0.1) is 18.7 Å². The van der Waals surface area contributed by atoms with Crippen LogP contribution in [-0.2, 0) is 0 Å². The summed E-state index contributed by atoms with van der Waals surface area (Å²) in [6.07, 6.45) is 3.70. The average molecular weight is 398 g/mol. The smallest absolute Gasteiger partial charge is 0.350 e. The second-order valence-corrected chi connectivity index (χ2v) is 7.48. The van der Waals surface area contributed by atoms with Crippen molar-refractivity contribution in [3.8, 4) is 0 Å². The summed E-state index contributed by atoms with van der Waals surface area (Å²) in [7, 11) is 0. The van der Waals surface area contributed by atoms with Gasteiger partial charge in [-0.2, -0.15) is 4.68 Å². The minimum Gasteiger partial charge on any atom is -0.369 e. The molecule has 9 heteroatoms. The van der Waals surface area contributed by atoms with Crippen LogP contribution in [0.5, 0.6) is 0 Å². The molecule has 4 N–H and O–H groups in total. The Hall–Kier alpha value is -2.06. The molecule has 1 saturated carbocycles. The molecule has 2 fully saturated rings. The van der Waals surface area contributed by atoms with Gasteiger partial charge in [-0.1, -0.05) is 0 Å². The van der Waals surface area contributed by atoms with E-state index in [2.05, 4.69) is 0 Å². The SMILES string of the molecule is Cc1c(N2CCCC(CN)C2)c(F)cc2c(=O)n(N)c(=O)n(C3CC3)c12.Cl. The van der Waals surface area contributed by atoms with Gasteiger partial charge in [0.2, 0.25) is 0 Å². The lowest BCUT2D eigenvalue weighted by Crippen LogP contribution is -2.45. The summed E-state index contributed by atoms with van der Waals surface area (Å²) in [6.45, 7) is 3.77. The summed E-state index contributed by atoms with van der Waals surface area (Å²) in [5.41, 5.74) is 6.22. The number of nitrogens with two attached hydrogens (primary N) is 2. The van der Waals surface area contributed by atoms with Gasteiger partial charge in [-0.3, -0.25) is 9.36 Å². The highest BCUT2D eigenvalue weighted by atomic mass is 35.5. The van der Waals surface area contributed by atoms with Crippen LogP contribution in [0.3, 0.4) is 0 Å². The number of aryl methyl sites for hydroxylation is 1. The van der Waals surface area contributed by atoms with Crippen LogP contribution in [-0.4, -0.2) is 28.9 Å². The molecule has 7 nitrogen and oxygen atoms in total. The Morgan fingerprint density at radius 2 is 1.96 bits per heavy atom. The van der Waals surface area contributed by atoms with Gasteiger partial charge in [-0.15, -0.1) is 12.4 Å². The van der Waals surface area contributed by atoms with E-state index in [0.29, 0.717) is 40.5 Å². The maximum Gasteiger partial charge on any atom is 0.350 e. The number of nitrogen functional groups attached to an aromatic ring is 1. The third-order valence-electron chi connectivity index (χ3n) is 5.65. The third kappa shape index (κ3) is 3.10. The lowest BCUT2D eigenvalue weighted by molar-refractivity contribution is 0.419. The van der Waals surface area contributed by atoms with Crippen LogP contribution < -0.4 is 27.7 Å². The van der Waals surface area contributed by atoms with Gasteiger partial charge in [0, 0.05) is 24.7 Å². The monoisotopic (exact) mass is 397 g/mol. The lowest BCUT2D eigenvalue weighted by atomic mass is 9.96. The first-order valence-electron chi connectivity index (χ1n) is 9.14. The van der Waals surface area contributed by atoms with Gasteiger partial charge < -0.3 is 16.5 Å². The molecule has 148 valence electrons. The minimum absolute atomic E-state index is 0. The molecule has 1 unspecified atom stereocenters. The van der Waals surface area contributed by atoms with Crippen molar-refractivity contribution >= 4 is 29.0 Å². The van der Waals surface area contributed by atoms with Gasteiger partial charge in [0.1, 0.15) is 5.82 Å². The fourth-order valence-corrected chi connectivity index (χ4v) is 4.18. The number of halogens is 2. The van der Waals surface area contributed by atoms with Crippen LogP contribution in [0.25, 0.3) is 10.9 Å². The predicted molar refractivity (Wildman–Crippen MR) is 107 cm³/mol.